The lowest BCUT2D eigenvalue weighted by Crippen LogP contribution is -2.30. The number of rotatable bonds is 6. The highest BCUT2D eigenvalue weighted by molar-refractivity contribution is 5.08. The molecule has 0 unspecified atom stereocenters. The molecule has 0 aliphatic carbocycles. The van der Waals surface area contributed by atoms with Crippen molar-refractivity contribution in [3.8, 4) is 5.88 Å². The van der Waals surface area contributed by atoms with Gasteiger partial charge in [0.25, 0.3) is 0 Å². The average Bonchev–Trinajstić information content (AvgIpc) is 2.42. The largest absolute Gasteiger partial charge is 0.478 e. The van der Waals surface area contributed by atoms with Gasteiger partial charge in [-0.3, -0.25) is 0 Å². The Balaban J connectivity index is 1.51. The predicted octanol–water partition coefficient (Wildman–Crippen LogP) is 2.97. The second-order valence-corrected chi connectivity index (χ2v) is 5.26. The third-order valence-corrected chi connectivity index (χ3v) is 3.73. The van der Waals surface area contributed by atoms with E-state index in [1.165, 1.54) is 38.8 Å². The third kappa shape index (κ3) is 4.65. The molecule has 0 bridgehead atoms. The topological polar surface area (TPSA) is 25.4 Å². The monoisotopic (exact) mass is 248 g/mol. The van der Waals surface area contributed by atoms with Crippen LogP contribution in [0.5, 0.6) is 5.88 Å². The Hall–Kier alpha value is -1.09. The van der Waals surface area contributed by atoms with Crippen LogP contribution in [0, 0.1) is 5.92 Å². The number of hydrogen-bond donors (Lipinski definition) is 0. The van der Waals surface area contributed by atoms with Gasteiger partial charge >= 0.3 is 0 Å². The standard InChI is InChI=1S/C15H24N2O/c1-17-11-8-14(9-12-17)6-3-5-13-18-15-7-2-4-10-16-15/h2,4,7,10,14H,3,5-6,8-9,11-13H2,1H3. The Bertz CT molecular complexity index is 321. The van der Waals surface area contributed by atoms with Crippen molar-refractivity contribution in [3.63, 3.8) is 0 Å². The van der Waals surface area contributed by atoms with Gasteiger partial charge in [-0.2, -0.15) is 0 Å². The molecule has 1 aromatic heterocycles. The fourth-order valence-electron chi connectivity index (χ4n) is 2.50. The lowest BCUT2D eigenvalue weighted by atomic mass is 9.92. The number of unbranched alkanes of at least 4 members (excludes halogenated alkanes) is 1. The number of piperidine rings is 1. The Kier molecular flexibility index (Phi) is 5.46. The lowest BCUT2D eigenvalue weighted by Gasteiger charge is -2.28. The summed E-state index contributed by atoms with van der Waals surface area (Å²) < 4.78 is 5.59. The Labute approximate surface area is 110 Å². The summed E-state index contributed by atoms with van der Waals surface area (Å²) in [5, 5.41) is 0. The van der Waals surface area contributed by atoms with Crippen LogP contribution in [-0.4, -0.2) is 36.6 Å². The van der Waals surface area contributed by atoms with E-state index in [0.29, 0.717) is 0 Å². The molecule has 0 saturated carbocycles. The Morgan fingerprint density at radius 1 is 1.28 bits per heavy atom. The Morgan fingerprint density at radius 3 is 2.83 bits per heavy atom. The minimum Gasteiger partial charge on any atom is -0.478 e. The van der Waals surface area contributed by atoms with Crippen LogP contribution in [0.1, 0.15) is 32.1 Å². The van der Waals surface area contributed by atoms with Crippen LogP contribution in [-0.2, 0) is 0 Å². The van der Waals surface area contributed by atoms with E-state index in [4.69, 9.17) is 4.74 Å². The van der Waals surface area contributed by atoms with Gasteiger partial charge in [-0.05, 0) is 57.8 Å². The first-order valence-corrected chi connectivity index (χ1v) is 7.07. The van der Waals surface area contributed by atoms with Crippen molar-refractivity contribution in [2.24, 2.45) is 5.92 Å². The van der Waals surface area contributed by atoms with E-state index < -0.39 is 0 Å². The average molecular weight is 248 g/mol. The van der Waals surface area contributed by atoms with Gasteiger partial charge < -0.3 is 9.64 Å². The van der Waals surface area contributed by atoms with Crippen LogP contribution in [0.4, 0.5) is 0 Å². The molecule has 0 aromatic carbocycles. The van der Waals surface area contributed by atoms with Crippen molar-refractivity contribution in [1.29, 1.82) is 0 Å². The van der Waals surface area contributed by atoms with Crippen LogP contribution < -0.4 is 4.74 Å². The molecule has 0 N–H and O–H groups in total. The molecule has 0 amide bonds. The minimum absolute atomic E-state index is 0.747. The Morgan fingerprint density at radius 2 is 2.11 bits per heavy atom. The molecule has 0 radical (unpaired) electrons. The zero-order valence-corrected chi connectivity index (χ0v) is 11.3. The second-order valence-electron chi connectivity index (χ2n) is 5.26. The molecule has 1 aliphatic heterocycles. The maximum Gasteiger partial charge on any atom is 0.213 e. The summed E-state index contributed by atoms with van der Waals surface area (Å²) >= 11 is 0. The first-order chi connectivity index (χ1) is 8.84. The molecule has 100 valence electrons. The highest BCUT2D eigenvalue weighted by Gasteiger charge is 2.15. The fourth-order valence-corrected chi connectivity index (χ4v) is 2.50. The van der Waals surface area contributed by atoms with Crippen molar-refractivity contribution in [2.75, 3.05) is 26.7 Å². The van der Waals surface area contributed by atoms with Crippen LogP contribution in [0.15, 0.2) is 24.4 Å². The smallest absolute Gasteiger partial charge is 0.213 e. The van der Waals surface area contributed by atoms with Crippen molar-refractivity contribution in [1.82, 2.24) is 9.88 Å². The summed E-state index contributed by atoms with van der Waals surface area (Å²) in [6.07, 6.45) is 8.30. The molecule has 3 heteroatoms. The van der Waals surface area contributed by atoms with E-state index in [-0.39, 0.29) is 0 Å². The van der Waals surface area contributed by atoms with Gasteiger partial charge in [-0.1, -0.05) is 12.5 Å². The molecule has 1 saturated heterocycles. The SMILES string of the molecule is CN1CCC(CCCCOc2ccccn2)CC1. The number of hydrogen-bond acceptors (Lipinski definition) is 3. The first-order valence-electron chi connectivity index (χ1n) is 7.07. The number of aromatic nitrogens is 1. The lowest BCUT2D eigenvalue weighted by molar-refractivity contribution is 0.205. The van der Waals surface area contributed by atoms with E-state index in [0.717, 1.165) is 24.8 Å². The quantitative estimate of drug-likeness (QED) is 0.724. The van der Waals surface area contributed by atoms with Crippen molar-refractivity contribution in [3.05, 3.63) is 24.4 Å². The van der Waals surface area contributed by atoms with E-state index in [1.807, 2.05) is 18.2 Å². The summed E-state index contributed by atoms with van der Waals surface area (Å²) in [4.78, 5) is 6.58. The number of ether oxygens (including phenoxy) is 1. The number of likely N-dealkylation sites (tertiary alicyclic amines) is 1. The normalized spacial score (nSPS) is 17.8. The summed E-state index contributed by atoms with van der Waals surface area (Å²) in [5.41, 5.74) is 0. The summed E-state index contributed by atoms with van der Waals surface area (Å²) in [6.45, 7) is 3.34. The molecule has 18 heavy (non-hydrogen) atoms. The summed E-state index contributed by atoms with van der Waals surface area (Å²) in [6, 6.07) is 5.78. The van der Waals surface area contributed by atoms with E-state index in [1.54, 1.807) is 6.20 Å². The highest BCUT2D eigenvalue weighted by atomic mass is 16.5. The minimum atomic E-state index is 0.747. The second kappa shape index (κ2) is 7.37. The van der Waals surface area contributed by atoms with Crippen LogP contribution in [0.25, 0.3) is 0 Å². The molecule has 2 heterocycles. The molecule has 1 aromatic rings. The fraction of sp³-hybridized carbons (Fsp3) is 0.667. The van der Waals surface area contributed by atoms with Crippen LogP contribution in [0.3, 0.4) is 0 Å². The molecule has 3 nitrogen and oxygen atoms in total. The van der Waals surface area contributed by atoms with Crippen LogP contribution >= 0.6 is 0 Å². The van der Waals surface area contributed by atoms with Gasteiger partial charge in [0.15, 0.2) is 0 Å². The van der Waals surface area contributed by atoms with Crippen molar-refractivity contribution >= 4 is 0 Å². The summed E-state index contributed by atoms with van der Waals surface area (Å²) in [7, 11) is 2.22. The first kappa shape index (κ1) is 13.3. The van der Waals surface area contributed by atoms with Gasteiger partial charge in [0.2, 0.25) is 5.88 Å². The van der Waals surface area contributed by atoms with E-state index in [9.17, 15) is 0 Å². The maximum absolute atomic E-state index is 5.59. The number of pyridine rings is 1. The van der Waals surface area contributed by atoms with Crippen molar-refractivity contribution in [2.45, 2.75) is 32.1 Å². The van der Waals surface area contributed by atoms with Gasteiger partial charge in [0.1, 0.15) is 0 Å². The molecule has 0 atom stereocenters. The van der Waals surface area contributed by atoms with E-state index >= 15 is 0 Å². The molecule has 2 rings (SSSR count). The van der Waals surface area contributed by atoms with Gasteiger partial charge in [0.05, 0.1) is 6.61 Å². The maximum atomic E-state index is 5.59. The highest BCUT2D eigenvalue weighted by Crippen LogP contribution is 2.21. The zero-order chi connectivity index (χ0) is 12.6. The van der Waals surface area contributed by atoms with Gasteiger partial charge in [0, 0.05) is 12.3 Å². The molecular weight excluding hydrogens is 224 g/mol. The number of nitrogens with zero attached hydrogens (tertiary/aromatic N) is 2. The molecule has 0 spiro atoms. The summed E-state index contributed by atoms with van der Waals surface area (Å²) in [5.74, 6) is 1.69. The van der Waals surface area contributed by atoms with Gasteiger partial charge in [-0.25, -0.2) is 4.98 Å². The molecular formula is C15H24N2O. The molecule has 1 fully saturated rings. The third-order valence-electron chi connectivity index (χ3n) is 3.73. The van der Waals surface area contributed by atoms with E-state index in [2.05, 4.69) is 16.9 Å². The van der Waals surface area contributed by atoms with Crippen molar-refractivity contribution < 1.29 is 4.74 Å². The zero-order valence-electron chi connectivity index (χ0n) is 11.3. The molecule has 1 aliphatic rings. The van der Waals surface area contributed by atoms with Crippen LogP contribution in [0.2, 0.25) is 0 Å². The predicted molar refractivity (Wildman–Crippen MR) is 73.8 cm³/mol. The van der Waals surface area contributed by atoms with Gasteiger partial charge in [-0.15, -0.1) is 0 Å².